The maximum atomic E-state index is 6.08. The lowest BCUT2D eigenvalue weighted by atomic mass is 10.2. The minimum Gasteiger partial charge on any atom is -0.379 e. The molecule has 1 aliphatic rings. The second-order valence-corrected chi connectivity index (χ2v) is 4.28. The van der Waals surface area contributed by atoms with Crippen molar-refractivity contribution in [3.8, 4) is 0 Å². The van der Waals surface area contributed by atoms with Crippen LogP contribution < -0.4 is 5.73 Å². The Kier molecular flexibility index (Phi) is 3.81. The SMILES string of the molecule is Cc1nc(Cl)c(C(CN)N2CCOCC2)[nH]1. The Labute approximate surface area is 99.9 Å². The monoisotopic (exact) mass is 244 g/mol. The molecular weight excluding hydrogens is 228 g/mol. The van der Waals surface area contributed by atoms with Crippen molar-refractivity contribution in [2.24, 2.45) is 5.73 Å². The normalized spacial score (nSPS) is 19.9. The molecule has 1 aromatic heterocycles. The maximum absolute atomic E-state index is 6.08. The Bertz CT molecular complexity index is 349. The van der Waals surface area contributed by atoms with Crippen LogP contribution in [0.2, 0.25) is 5.15 Å². The molecule has 2 rings (SSSR count). The van der Waals surface area contributed by atoms with Crippen LogP contribution in [-0.2, 0) is 4.74 Å². The quantitative estimate of drug-likeness (QED) is 0.822. The highest BCUT2D eigenvalue weighted by atomic mass is 35.5. The third-order valence-corrected chi connectivity index (χ3v) is 3.13. The van der Waals surface area contributed by atoms with Gasteiger partial charge in [-0.05, 0) is 6.92 Å². The molecule has 2 heterocycles. The van der Waals surface area contributed by atoms with E-state index in [-0.39, 0.29) is 6.04 Å². The number of aryl methyl sites for hydroxylation is 1. The second-order valence-electron chi connectivity index (χ2n) is 3.93. The minimum absolute atomic E-state index is 0.109. The van der Waals surface area contributed by atoms with Crippen molar-refractivity contribution >= 4 is 11.6 Å². The zero-order valence-electron chi connectivity index (χ0n) is 9.37. The molecule has 0 aromatic carbocycles. The average Bonchev–Trinajstić information content (AvgIpc) is 2.61. The van der Waals surface area contributed by atoms with Crippen molar-refractivity contribution in [1.82, 2.24) is 14.9 Å². The van der Waals surface area contributed by atoms with E-state index in [1.165, 1.54) is 0 Å². The van der Waals surface area contributed by atoms with Gasteiger partial charge in [0.05, 0.1) is 24.9 Å². The predicted molar refractivity (Wildman–Crippen MR) is 62.5 cm³/mol. The van der Waals surface area contributed by atoms with Crippen molar-refractivity contribution in [2.75, 3.05) is 32.8 Å². The number of hydrogen-bond acceptors (Lipinski definition) is 4. The van der Waals surface area contributed by atoms with Crippen molar-refractivity contribution in [1.29, 1.82) is 0 Å². The minimum atomic E-state index is 0.109. The van der Waals surface area contributed by atoms with E-state index in [4.69, 9.17) is 22.1 Å². The Hall–Kier alpha value is -0.620. The maximum Gasteiger partial charge on any atom is 0.152 e. The molecule has 0 aliphatic carbocycles. The number of nitrogens with zero attached hydrogens (tertiary/aromatic N) is 2. The van der Waals surface area contributed by atoms with E-state index in [0.29, 0.717) is 11.7 Å². The summed E-state index contributed by atoms with van der Waals surface area (Å²) in [5, 5.41) is 0.527. The highest BCUT2D eigenvalue weighted by molar-refractivity contribution is 6.30. The molecule has 0 amide bonds. The molecule has 6 heteroatoms. The standard InChI is InChI=1S/C10H17ClN4O/c1-7-13-9(10(11)14-7)8(6-12)15-2-4-16-5-3-15/h8H,2-6,12H2,1H3,(H,13,14). The van der Waals surface area contributed by atoms with Crippen LogP contribution in [0.15, 0.2) is 0 Å². The highest BCUT2D eigenvalue weighted by Crippen LogP contribution is 2.25. The number of aromatic nitrogens is 2. The summed E-state index contributed by atoms with van der Waals surface area (Å²) in [7, 11) is 0. The van der Waals surface area contributed by atoms with E-state index in [9.17, 15) is 0 Å². The van der Waals surface area contributed by atoms with Gasteiger partial charge in [0.15, 0.2) is 5.15 Å². The summed E-state index contributed by atoms with van der Waals surface area (Å²) in [6.07, 6.45) is 0. The number of aromatic amines is 1. The first-order valence-electron chi connectivity index (χ1n) is 5.46. The zero-order chi connectivity index (χ0) is 11.5. The number of nitrogens with two attached hydrogens (primary N) is 1. The van der Waals surface area contributed by atoms with Crippen molar-refractivity contribution in [2.45, 2.75) is 13.0 Å². The summed E-state index contributed by atoms with van der Waals surface area (Å²) in [4.78, 5) is 9.64. The summed E-state index contributed by atoms with van der Waals surface area (Å²) in [6, 6.07) is 0.109. The fraction of sp³-hybridized carbons (Fsp3) is 0.700. The molecule has 1 saturated heterocycles. The number of morpholine rings is 1. The van der Waals surface area contributed by atoms with E-state index < -0.39 is 0 Å². The van der Waals surface area contributed by atoms with Gasteiger partial charge in [-0.3, -0.25) is 4.90 Å². The van der Waals surface area contributed by atoms with Crippen LogP contribution >= 0.6 is 11.6 Å². The molecule has 0 bridgehead atoms. The predicted octanol–water partition coefficient (Wildman–Crippen LogP) is 0.704. The van der Waals surface area contributed by atoms with Crippen LogP contribution in [0.3, 0.4) is 0 Å². The number of hydrogen-bond donors (Lipinski definition) is 2. The Morgan fingerprint density at radius 2 is 2.25 bits per heavy atom. The fourth-order valence-electron chi connectivity index (χ4n) is 2.04. The van der Waals surface area contributed by atoms with Crippen molar-refractivity contribution in [3.63, 3.8) is 0 Å². The average molecular weight is 245 g/mol. The largest absolute Gasteiger partial charge is 0.379 e. The van der Waals surface area contributed by atoms with Gasteiger partial charge in [0, 0.05) is 19.6 Å². The van der Waals surface area contributed by atoms with Crippen LogP contribution in [0.5, 0.6) is 0 Å². The van der Waals surface area contributed by atoms with Crippen molar-refractivity contribution < 1.29 is 4.74 Å². The third-order valence-electron chi connectivity index (χ3n) is 2.85. The third kappa shape index (κ3) is 2.38. The van der Waals surface area contributed by atoms with Gasteiger partial charge in [0.1, 0.15) is 5.82 Å². The molecule has 1 fully saturated rings. The number of imidazole rings is 1. The lowest BCUT2D eigenvalue weighted by molar-refractivity contribution is 0.0171. The molecule has 1 aliphatic heterocycles. The van der Waals surface area contributed by atoms with Crippen LogP contribution in [0.25, 0.3) is 0 Å². The van der Waals surface area contributed by atoms with Gasteiger partial charge in [-0.15, -0.1) is 0 Å². The molecular formula is C10H17ClN4O. The van der Waals surface area contributed by atoms with Gasteiger partial charge < -0.3 is 15.5 Å². The summed E-state index contributed by atoms with van der Waals surface area (Å²) >= 11 is 6.08. The molecule has 3 N–H and O–H groups in total. The summed E-state index contributed by atoms with van der Waals surface area (Å²) in [5.41, 5.74) is 6.74. The molecule has 0 radical (unpaired) electrons. The lowest BCUT2D eigenvalue weighted by Crippen LogP contribution is -2.42. The van der Waals surface area contributed by atoms with Gasteiger partial charge in [-0.1, -0.05) is 11.6 Å². The van der Waals surface area contributed by atoms with Crippen LogP contribution in [0.1, 0.15) is 17.6 Å². The molecule has 5 nitrogen and oxygen atoms in total. The Morgan fingerprint density at radius 1 is 1.56 bits per heavy atom. The lowest BCUT2D eigenvalue weighted by Gasteiger charge is -2.33. The fourth-order valence-corrected chi connectivity index (χ4v) is 2.34. The van der Waals surface area contributed by atoms with Gasteiger partial charge in [0.25, 0.3) is 0 Å². The first-order valence-corrected chi connectivity index (χ1v) is 5.84. The first-order chi connectivity index (χ1) is 7.72. The summed E-state index contributed by atoms with van der Waals surface area (Å²) in [6.45, 7) is 5.69. The van der Waals surface area contributed by atoms with E-state index in [2.05, 4.69) is 14.9 Å². The number of halogens is 1. The zero-order valence-corrected chi connectivity index (χ0v) is 10.1. The van der Waals surface area contributed by atoms with E-state index >= 15 is 0 Å². The topological polar surface area (TPSA) is 67.2 Å². The molecule has 90 valence electrons. The Balaban J connectivity index is 2.17. The number of rotatable bonds is 3. The molecule has 1 unspecified atom stereocenters. The Morgan fingerprint density at radius 3 is 2.75 bits per heavy atom. The van der Waals surface area contributed by atoms with Gasteiger partial charge in [0.2, 0.25) is 0 Å². The molecule has 16 heavy (non-hydrogen) atoms. The van der Waals surface area contributed by atoms with Crippen LogP contribution in [0.4, 0.5) is 0 Å². The van der Waals surface area contributed by atoms with Gasteiger partial charge >= 0.3 is 0 Å². The van der Waals surface area contributed by atoms with Gasteiger partial charge in [-0.25, -0.2) is 4.98 Å². The molecule has 0 saturated carbocycles. The first kappa shape index (κ1) is 11.9. The van der Waals surface area contributed by atoms with Crippen LogP contribution in [-0.4, -0.2) is 47.7 Å². The number of H-pyrrole nitrogens is 1. The van der Waals surface area contributed by atoms with E-state index in [1.807, 2.05) is 6.92 Å². The summed E-state index contributed by atoms with van der Waals surface area (Å²) < 4.78 is 5.32. The van der Waals surface area contributed by atoms with Gasteiger partial charge in [-0.2, -0.15) is 0 Å². The van der Waals surface area contributed by atoms with E-state index in [1.54, 1.807) is 0 Å². The van der Waals surface area contributed by atoms with E-state index in [0.717, 1.165) is 37.8 Å². The summed E-state index contributed by atoms with van der Waals surface area (Å²) in [5.74, 6) is 0.826. The number of ether oxygens (including phenoxy) is 1. The molecule has 0 spiro atoms. The van der Waals surface area contributed by atoms with Crippen LogP contribution in [0, 0.1) is 6.92 Å². The second kappa shape index (κ2) is 5.14. The van der Waals surface area contributed by atoms with Crippen molar-refractivity contribution in [3.05, 3.63) is 16.7 Å². The molecule has 1 atom stereocenters. The molecule has 1 aromatic rings. The highest BCUT2D eigenvalue weighted by Gasteiger charge is 2.25. The smallest absolute Gasteiger partial charge is 0.152 e. The number of nitrogens with one attached hydrogen (secondary N) is 1.